The van der Waals surface area contributed by atoms with Crippen LogP contribution in [-0.4, -0.2) is 27.9 Å². The molecule has 0 amide bonds. The molecular formula is C22H15F3N2O3. The van der Waals surface area contributed by atoms with E-state index in [1.165, 1.54) is 36.5 Å². The Balaban J connectivity index is 1.65. The van der Waals surface area contributed by atoms with E-state index in [9.17, 15) is 18.3 Å². The smallest absolute Gasteiger partial charge is 0.425 e. The van der Waals surface area contributed by atoms with E-state index in [4.69, 9.17) is 9.47 Å². The molecule has 30 heavy (non-hydrogen) atoms. The topological polar surface area (TPSA) is 56.5 Å². The molecule has 2 heterocycles. The number of hydrogen-bond acceptors (Lipinski definition) is 4. The van der Waals surface area contributed by atoms with Crippen LogP contribution < -0.4 is 9.47 Å². The first-order valence-electron chi connectivity index (χ1n) is 9.11. The summed E-state index contributed by atoms with van der Waals surface area (Å²) < 4.78 is 54.5. The maximum Gasteiger partial charge on any atom is 0.425 e. The third-order valence-corrected chi connectivity index (χ3v) is 5.19. The van der Waals surface area contributed by atoms with Crippen molar-refractivity contribution in [2.24, 2.45) is 0 Å². The second kappa shape index (κ2) is 6.50. The van der Waals surface area contributed by atoms with E-state index in [2.05, 4.69) is 5.10 Å². The highest BCUT2D eigenvalue weighted by Crippen LogP contribution is 2.47. The Morgan fingerprint density at radius 2 is 1.57 bits per heavy atom. The molecule has 0 fully saturated rings. The lowest BCUT2D eigenvalue weighted by molar-refractivity contribution is -0.248. The molecule has 3 aromatic carbocycles. The molecule has 1 N–H and O–H groups in total. The number of alkyl halides is 3. The van der Waals surface area contributed by atoms with Gasteiger partial charge in [0.2, 0.25) is 12.4 Å². The SMILES string of the molecule is OC(c1ccc2c(c1)OCO2)(c1ccc2c(cnn2-c2ccccc2)c1)C(F)(F)F. The van der Waals surface area contributed by atoms with Crippen molar-refractivity contribution in [3.05, 3.63) is 84.1 Å². The van der Waals surface area contributed by atoms with Crippen molar-refractivity contribution in [1.29, 1.82) is 0 Å². The van der Waals surface area contributed by atoms with Gasteiger partial charge in [-0.2, -0.15) is 18.3 Å². The lowest BCUT2D eigenvalue weighted by Gasteiger charge is -2.31. The highest BCUT2D eigenvalue weighted by atomic mass is 19.4. The normalized spacial score (nSPS) is 15.3. The fourth-order valence-corrected chi connectivity index (χ4v) is 3.65. The van der Waals surface area contributed by atoms with Gasteiger partial charge in [-0.25, -0.2) is 4.68 Å². The van der Waals surface area contributed by atoms with Crippen LogP contribution in [0, 0.1) is 0 Å². The second-order valence-electron chi connectivity index (χ2n) is 6.94. The fraction of sp³-hybridized carbons (Fsp3) is 0.136. The Labute approximate surface area is 168 Å². The van der Waals surface area contributed by atoms with Crippen molar-refractivity contribution in [3.8, 4) is 17.2 Å². The average molecular weight is 412 g/mol. The van der Waals surface area contributed by atoms with E-state index in [0.29, 0.717) is 16.7 Å². The quantitative estimate of drug-likeness (QED) is 0.536. The third-order valence-electron chi connectivity index (χ3n) is 5.19. The number of benzene rings is 3. The number of rotatable bonds is 3. The Hall–Kier alpha value is -3.52. The molecule has 1 aliphatic rings. The Bertz CT molecular complexity index is 1240. The van der Waals surface area contributed by atoms with E-state index in [1.54, 1.807) is 4.68 Å². The summed E-state index contributed by atoms with van der Waals surface area (Å²) in [6, 6.07) is 17.1. The molecule has 5 nitrogen and oxygen atoms in total. The van der Waals surface area contributed by atoms with Crippen LogP contribution in [0.5, 0.6) is 11.5 Å². The van der Waals surface area contributed by atoms with Crippen molar-refractivity contribution < 1.29 is 27.8 Å². The zero-order valence-corrected chi connectivity index (χ0v) is 15.4. The van der Waals surface area contributed by atoms with Crippen LogP contribution >= 0.6 is 0 Å². The van der Waals surface area contributed by atoms with E-state index in [-0.39, 0.29) is 23.7 Å². The highest BCUT2D eigenvalue weighted by Gasteiger charge is 2.56. The number of ether oxygens (including phenoxy) is 2. The standard InChI is InChI=1S/C22H15F3N2O3/c23-22(24,25)21(28,16-7-9-19-20(11-16)30-13-29-19)15-6-8-18-14(10-15)12-26-27(18)17-4-2-1-3-5-17/h1-12,28H,13H2. The Morgan fingerprint density at radius 3 is 2.33 bits per heavy atom. The van der Waals surface area contributed by atoms with Gasteiger partial charge in [-0.1, -0.05) is 30.3 Å². The number of nitrogens with zero attached hydrogens (tertiary/aromatic N) is 2. The first kappa shape index (κ1) is 18.5. The summed E-state index contributed by atoms with van der Waals surface area (Å²) in [5, 5.41) is 15.7. The molecule has 5 rings (SSSR count). The van der Waals surface area contributed by atoms with Gasteiger partial charge in [0.05, 0.1) is 17.4 Å². The minimum atomic E-state index is -4.97. The molecular weight excluding hydrogens is 397 g/mol. The van der Waals surface area contributed by atoms with E-state index < -0.39 is 11.8 Å². The predicted molar refractivity (Wildman–Crippen MR) is 103 cm³/mol. The van der Waals surface area contributed by atoms with Crippen LogP contribution in [0.25, 0.3) is 16.6 Å². The summed E-state index contributed by atoms with van der Waals surface area (Å²) in [4.78, 5) is 0. The number of aromatic nitrogens is 2. The van der Waals surface area contributed by atoms with Crippen molar-refractivity contribution >= 4 is 10.9 Å². The van der Waals surface area contributed by atoms with Gasteiger partial charge in [0.25, 0.3) is 0 Å². The fourth-order valence-electron chi connectivity index (χ4n) is 3.65. The van der Waals surface area contributed by atoms with Crippen LogP contribution in [-0.2, 0) is 5.60 Å². The van der Waals surface area contributed by atoms with Gasteiger partial charge in [0.1, 0.15) is 0 Å². The van der Waals surface area contributed by atoms with Crippen molar-refractivity contribution in [2.75, 3.05) is 6.79 Å². The van der Waals surface area contributed by atoms with Gasteiger partial charge < -0.3 is 14.6 Å². The number of hydrogen-bond donors (Lipinski definition) is 1. The molecule has 1 aromatic heterocycles. The molecule has 0 aliphatic carbocycles. The predicted octanol–water partition coefficient (Wildman–Crippen LogP) is 4.55. The third kappa shape index (κ3) is 2.72. The summed E-state index contributed by atoms with van der Waals surface area (Å²) >= 11 is 0. The number of para-hydroxylation sites is 1. The molecule has 0 saturated heterocycles. The van der Waals surface area contributed by atoms with Gasteiger partial charge in [0.15, 0.2) is 11.5 Å². The molecule has 0 spiro atoms. The van der Waals surface area contributed by atoms with Gasteiger partial charge >= 0.3 is 6.18 Å². The molecule has 4 aromatic rings. The number of halogens is 3. The summed E-state index contributed by atoms with van der Waals surface area (Å²) in [6.07, 6.45) is -3.49. The minimum absolute atomic E-state index is 0.0755. The van der Waals surface area contributed by atoms with Crippen molar-refractivity contribution in [1.82, 2.24) is 9.78 Å². The summed E-state index contributed by atoms with van der Waals surface area (Å²) in [7, 11) is 0. The van der Waals surface area contributed by atoms with Gasteiger partial charge in [-0.3, -0.25) is 0 Å². The number of fused-ring (bicyclic) bond motifs is 2. The molecule has 0 bridgehead atoms. The van der Waals surface area contributed by atoms with E-state index in [1.807, 2.05) is 30.3 Å². The molecule has 8 heteroatoms. The van der Waals surface area contributed by atoms with Crippen LogP contribution in [0.3, 0.4) is 0 Å². The van der Waals surface area contributed by atoms with Crippen LogP contribution in [0.2, 0.25) is 0 Å². The molecule has 152 valence electrons. The maximum absolute atomic E-state index is 14.2. The summed E-state index contributed by atoms with van der Waals surface area (Å²) in [5.41, 5.74) is -2.48. The van der Waals surface area contributed by atoms with E-state index >= 15 is 0 Å². The second-order valence-corrected chi connectivity index (χ2v) is 6.94. The van der Waals surface area contributed by atoms with Gasteiger partial charge in [-0.15, -0.1) is 0 Å². The number of aliphatic hydroxyl groups is 1. The average Bonchev–Trinajstić information content (AvgIpc) is 3.38. The van der Waals surface area contributed by atoms with Crippen molar-refractivity contribution in [3.63, 3.8) is 0 Å². The lowest BCUT2D eigenvalue weighted by atomic mass is 9.85. The lowest BCUT2D eigenvalue weighted by Crippen LogP contribution is -2.43. The zero-order valence-electron chi connectivity index (χ0n) is 15.4. The first-order valence-corrected chi connectivity index (χ1v) is 9.11. The zero-order chi connectivity index (χ0) is 20.9. The van der Waals surface area contributed by atoms with Crippen LogP contribution in [0.1, 0.15) is 11.1 Å². The molecule has 1 unspecified atom stereocenters. The molecule has 0 radical (unpaired) electrons. The van der Waals surface area contributed by atoms with E-state index in [0.717, 1.165) is 11.8 Å². The summed E-state index contributed by atoms with van der Waals surface area (Å²) in [5.74, 6) is 0.496. The maximum atomic E-state index is 14.2. The highest BCUT2D eigenvalue weighted by molar-refractivity contribution is 5.81. The van der Waals surface area contributed by atoms with Gasteiger partial charge in [0, 0.05) is 10.9 Å². The van der Waals surface area contributed by atoms with Gasteiger partial charge in [-0.05, 0) is 42.0 Å². The minimum Gasteiger partial charge on any atom is -0.454 e. The molecule has 0 saturated carbocycles. The molecule has 1 atom stereocenters. The largest absolute Gasteiger partial charge is 0.454 e. The van der Waals surface area contributed by atoms with Crippen molar-refractivity contribution in [2.45, 2.75) is 11.8 Å². The Morgan fingerprint density at radius 1 is 0.867 bits per heavy atom. The monoisotopic (exact) mass is 412 g/mol. The van der Waals surface area contributed by atoms with Crippen LogP contribution in [0.4, 0.5) is 13.2 Å². The van der Waals surface area contributed by atoms with Crippen LogP contribution in [0.15, 0.2) is 72.9 Å². The molecule has 1 aliphatic heterocycles. The Kier molecular flexibility index (Phi) is 4.01. The first-order chi connectivity index (χ1) is 14.4. The summed E-state index contributed by atoms with van der Waals surface area (Å²) in [6.45, 7) is -0.0755.